The van der Waals surface area contributed by atoms with E-state index in [2.05, 4.69) is 10.1 Å². The second kappa shape index (κ2) is 8.03. The number of aliphatic carboxylic acids is 1. The van der Waals surface area contributed by atoms with Crippen molar-refractivity contribution >= 4 is 22.5 Å². The summed E-state index contributed by atoms with van der Waals surface area (Å²) in [7, 11) is 1.56. The van der Waals surface area contributed by atoms with E-state index in [9.17, 15) is 14.0 Å². The van der Waals surface area contributed by atoms with Gasteiger partial charge in [-0.25, -0.2) is 13.9 Å². The lowest BCUT2D eigenvalue weighted by atomic mass is 10.1. The third-order valence-electron chi connectivity index (χ3n) is 4.86. The van der Waals surface area contributed by atoms with E-state index in [0.717, 1.165) is 5.56 Å². The number of ether oxygens (including phenoxy) is 1. The molecule has 0 aliphatic rings. The predicted molar refractivity (Wildman–Crippen MR) is 108 cm³/mol. The molecule has 3 aromatic heterocycles. The van der Waals surface area contributed by atoms with E-state index in [1.165, 1.54) is 22.9 Å². The van der Waals surface area contributed by atoms with Gasteiger partial charge < -0.3 is 14.4 Å². The van der Waals surface area contributed by atoms with Crippen LogP contribution >= 0.6 is 0 Å². The first-order valence-corrected chi connectivity index (χ1v) is 9.36. The van der Waals surface area contributed by atoms with Gasteiger partial charge in [-0.3, -0.25) is 9.59 Å². The zero-order chi connectivity index (χ0) is 21.3. The summed E-state index contributed by atoms with van der Waals surface area (Å²) in [5, 5.41) is 13.8. The molecule has 9 heteroatoms. The number of carbonyl (C=O) groups is 1. The molecule has 0 bridgehead atoms. The van der Waals surface area contributed by atoms with Gasteiger partial charge in [-0.2, -0.15) is 5.10 Å². The van der Waals surface area contributed by atoms with Crippen molar-refractivity contribution in [2.24, 2.45) is 0 Å². The van der Waals surface area contributed by atoms with Gasteiger partial charge >= 0.3 is 5.97 Å². The summed E-state index contributed by atoms with van der Waals surface area (Å²) >= 11 is 0. The van der Waals surface area contributed by atoms with E-state index in [0.29, 0.717) is 40.8 Å². The van der Waals surface area contributed by atoms with E-state index >= 15 is 0 Å². The Morgan fingerprint density at radius 2 is 2.00 bits per heavy atom. The molecule has 0 saturated carbocycles. The summed E-state index contributed by atoms with van der Waals surface area (Å²) in [4.78, 5) is 28.0. The van der Waals surface area contributed by atoms with Gasteiger partial charge in [0.05, 0.1) is 28.8 Å². The SMILES string of the molecule is COCc1nn2c(ncc3c(=O)n(CCCC(=O)O)ccc32)c1-c1ccc(F)cc1. The molecule has 0 saturated heterocycles. The highest BCUT2D eigenvalue weighted by Crippen LogP contribution is 2.29. The van der Waals surface area contributed by atoms with Crippen molar-refractivity contribution in [2.75, 3.05) is 7.11 Å². The maximum absolute atomic E-state index is 13.4. The monoisotopic (exact) mass is 410 g/mol. The number of carboxylic acid groups (broad SMARTS) is 1. The van der Waals surface area contributed by atoms with Crippen LogP contribution in [0, 0.1) is 5.82 Å². The van der Waals surface area contributed by atoms with E-state index < -0.39 is 5.97 Å². The first kappa shape index (κ1) is 19.7. The zero-order valence-corrected chi connectivity index (χ0v) is 16.2. The number of halogens is 1. The van der Waals surface area contributed by atoms with Crippen molar-refractivity contribution in [3.05, 3.63) is 64.6 Å². The average molecular weight is 410 g/mol. The second-order valence-electron chi connectivity index (χ2n) is 6.87. The number of aromatic nitrogens is 4. The van der Waals surface area contributed by atoms with E-state index in [4.69, 9.17) is 9.84 Å². The number of methoxy groups -OCH3 is 1. The zero-order valence-electron chi connectivity index (χ0n) is 16.2. The maximum Gasteiger partial charge on any atom is 0.303 e. The van der Waals surface area contributed by atoms with Crippen LogP contribution in [0.2, 0.25) is 0 Å². The molecule has 0 unspecified atom stereocenters. The van der Waals surface area contributed by atoms with Gasteiger partial charge in [0.25, 0.3) is 5.56 Å². The Kier molecular flexibility index (Phi) is 5.28. The van der Waals surface area contributed by atoms with E-state index in [1.807, 2.05) is 0 Å². The van der Waals surface area contributed by atoms with Crippen molar-refractivity contribution in [1.82, 2.24) is 19.2 Å². The van der Waals surface area contributed by atoms with Gasteiger partial charge in [0.1, 0.15) is 5.82 Å². The van der Waals surface area contributed by atoms with E-state index in [-0.39, 0.29) is 24.4 Å². The minimum atomic E-state index is -0.900. The Morgan fingerprint density at radius 1 is 1.23 bits per heavy atom. The molecular weight excluding hydrogens is 391 g/mol. The van der Waals surface area contributed by atoms with Crippen LogP contribution in [0.25, 0.3) is 27.7 Å². The Morgan fingerprint density at radius 3 is 2.70 bits per heavy atom. The second-order valence-corrected chi connectivity index (χ2v) is 6.87. The van der Waals surface area contributed by atoms with Crippen LogP contribution in [-0.2, 0) is 22.7 Å². The normalized spacial score (nSPS) is 11.4. The lowest BCUT2D eigenvalue weighted by Crippen LogP contribution is -2.21. The minimum absolute atomic E-state index is 0.0116. The van der Waals surface area contributed by atoms with Gasteiger partial charge in [-0.15, -0.1) is 0 Å². The van der Waals surface area contributed by atoms with Crippen molar-refractivity contribution in [3.63, 3.8) is 0 Å². The summed E-state index contributed by atoms with van der Waals surface area (Å²) in [6.45, 7) is 0.526. The number of carboxylic acids is 1. The van der Waals surface area contributed by atoms with Gasteiger partial charge in [-0.1, -0.05) is 12.1 Å². The summed E-state index contributed by atoms with van der Waals surface area (Å²) in [6.07, 6.45) is 3.46. The number of rotatable bonds is 7. The van der Waals surface area contributed by atoms with Crippen molar-refractivity contribution in [3.8, 4) is 11.1 Å². The summed E-state index contributed by atoms with van der Waals surface area (Å²) in [5.41, 5.74) is 2.92. The van der Waals surface area contributed by atoms with E-state index in [1.54, 1.807) is 36.0 Å². The van der Waals surface area contributed by atoms with Crippen LogP contribution in [0.5, 0.6) is 0 Å². The lowest BCUT2D eigenvalue weighted by molar-refractivity contribution is -0.137. The first-order chi connectivity index (χ1) is 14.5. The molecule has 154 valence electrons. The molecular formula is C21H19FN4O4. The van der Waals surface area contributed by atoms with Crippen LogP contribution in [-0.4, -0.2) is 37.4 Å². The number of pyridine rings is 1. The molecule has 0 spiro atoms. The van der Waals surface area contributed by atoms with Crippen LogP contribution in [0.1, 0.15) is 18.5 Å². The standard InChI is InChI=1S/C21H19FN4O4/c1-30-12-16-19(13-4-6-14(22)7-5-13)20-23-11-15-17(26(20)24-16)8-10-25(21(15)29)9-2-3-18(27)28/h4-8,10-11H,2-3,9,12H2,1H3,(H,27,28). The molecule has 8 nitrogen and oxygen atoms in total. The molecule has 30 heavy (non-hydrogen) atoms. The Hall–Kier alpha value is -3.59. The molecule has 0 aliphatic carbocycles. The highest BCUT2D eigenvalue weighted by atomic mass is 19.1. The Labute approximate surface area is 170 Å². The molecule has 0 radical (unpaired) electrons. The Bertz CT molecular complexity index is 1290. The fourth-order valence-corrected chi connectivity index (χ4v) is 3.48. The van der Waals surface area contributed by atoms with Crippen LogP contribution in [0.4, 0.5) is 4.39 Å². The van der Waals surface area contributed by atoms with Gasteiger partial charge in [-0.05, 0) is 30.2 Å². The summed E-state index contributed by atoms with van der Waals surface area (Å²) in [5.74, 6) is -1.24. The van der Waals surface area contributed by atoms with Gasteiger partial charge in [0, 0.05) is 32.5 Å². The number of nitrogens with zero attached hydrogens (tertiary/aromatic N) is 4. The quantitative estimate of drug-likeness (QED) is 0.503. The van der Waals surface area contributed by atoms with Gasteiger partial charge in [0.2, 0.25) is 0 Å². The topological polar surface area (TPSA) is 98.7 Å². The highest BCUT2D eigenvalue weighted by molar-refractivity contribution is 5.86. The van der Waals surface area contributed by atoms with Crippen LogP contribution < -0.4 is 5.56 Å². The molecule has 4 rings (SSSR count). The highest BCUT2D eigenvalue weighted by Gasteiger charge is 2.18. The third kappa shape index (κ3) is 3.55. The van der Waals surface area contributed by atoms with Crippen molar-refractivity contribution in [1.29, 1.82) is 0 Å². The smallest absolute Gasteiger partial charge is 0.303 e. The molecule has 0 aliphatic heterocycles. The lowest BCUT2D eigenvalue weighted by Gasteiger charge is -2.07. The number of hydrogen-bond donors (Lipinski definition) is 1. The summed E-state index contributed by atoms with van der Waals surface area (Å²) < 4.78 is 21.7. The largest absolute Gasteiger partial charge is 0.481 e. The molecule has 0 fully saturated rings. The van der Waals surface area contributed by atoms with Gasteiger partial charge in [0.15, 0.2) is 5.65 Å². The minimum Gasteiger partial charge on any atom is -0.481 e. The van der Waals surface area contributed by atoms with Crippen LogP contribution in [0.15, 0.2) is 47.5 Å². The average Bonchev–Trinajstić information content (AvgIpc) is 3.09. The maximum atomic E-state index is 13.4. The molecule has 0 amide bonds. The molecule has 3 heterocycles. The number of aryl methyl sites for hydroxylation is 1. The van der Waals surface area contributed by atoms with Crippen molar-refractivity contribution in [2.45, 2.75) is 26.0 Å². The predicted octanol–water partition coefficient (Wildman–Crippen LogP) is 2.86. The number of benzene rings is 1. The fraction of sp³-hybridized carbons (Fsp3) is 0.238. The fourth-order valence-electron chi connectivity index (χ4n) is 3.48. The molecule has 4 aromatic rings. The number of fused-ring (bicyclic) bond motifs is 3. The van der Waals surface area contributed by atoms with Crippen LogP contribution in [0.3, 0.4) is 0 Å². The summed E-state index contributed by atoms with van der Waals surface area (Å²) in [6, 6.07) is 7.79. The third-order valence-corrected chi connectivity index (χ3v) is 4.86. The first-order valence-electron chi connectivity index (χ1n) is 9.36. The molecule has 1 aromatic carbocycles. The molecule has 0 atom stereocenters. The number of hydrogen-bond acceptors (Lipinski definition) is 5. The Balaban J connectivity index is 1.86. The molecule has 1 N–H and O–H groups in total. The van der Waals surface area contributed by atoms with Crippen molar-refractivity contribution < 1.29 is 19.0 Å².